The molecule has 0 aromatic heterocycles. The molecule has 0 bridgehead atoms. The second kappa shape index (κ2) is 9.89. The molecule has 0 saturated heterocycles. The lowest BCUT2D eigenvalue weighted by Crippen LogP contribution is -2.46. The lowest BCUT2D eigenvalue weighted by atomic mass is 9.85. The minimum Gasteiger partial charge on any atom is -0.369 e. The normalized spacial score (nSPS) is 24.1. The summed E-state index contributed by atoms with van der Waals surface area (Å²) in [5.74, 6) is -0.606. The SMILES string of the molecule is C=C/C(=C\N=C(/N)N1c2ccccc2-c2ccccc2C2C=CC=CC21)N1c2ccc(F)cc2C2C=C(F)C=CC21. The van der Waals surface area contributed by atoms with Gasteiger partial charge in [0.05, 0.1) is 29.7 Å². The maximum Gasteiger partial charge on any atom is 0.201 e. The van der Waals surface area contributed by atoms with Crippen LogP contribution in [0.2, 0.25) is 0 Å². The van der Waals surface area contributed by atoms with Crippen LogP contribution in [0.25, 0.3) is 11.1 Å². The van der Waals surface area contributed by atoms with E-state index in [9.17, 15) is 8.78 Å². The molecule has 2 aliphatic carbocycles. The molecule has 7 rings (SSSR count). The van der Waals surface area contributed by atoms with Gasteiger partial charge in [-0.3, -0.25) is 0 Å². The maximum atomic E-state index is 14.2. The zero-order valence-electron chi connectivity index (χ0n) is 22.2. The molecule has 2 N–H and O–H groups in total. The van der Waals surface area contributed by atoms with Crippen molar-refractivity contribution in [3.63, 3.8) is 0 Å². The van der Waals surface area contributed by atoms with Crippen LogP contribution in [0.4, 0.5) is 20.2 Å². The van der Waals surface area contributed by atoms with Gasteiger partial charge in [0.2, 0.25) is 5.96 Å². The van der Waals surface area contributed by atoms with Crippen molar-refractivity contribution in [2.75, 3.05) is 9.80 Å². The highest BCUT2D eigenvalue weighted by Gasteiger charge is 2.39. The molecule has 4 nitrogen and oxygen atoms in total. The van der Waals surface area contributed by atoms with Crippen LogP contribution in [0.3, 0.4) is 0 Å². The third-order valence-electron chi connectivity index (χ3n) is 8.31. The largest absolute Gasteiger partial charge is 0.369 e. The molecule has 3 aromatic rings. The summed E-state index contributed by atoms with van der Waals surface area (Å²) < 4.78 is 28.5. The van der Waals surface area contributed by atoms with E-state index >= 15 is 0 Å². The standard InChI is InChI=1S/C35H28F2N4/c1-2-24(40-33-17-15-22(36)19-29(33)30-20-23(37)16-18-34(30)40)21-39-35(38)41-31-13-7-5-11-27(31)25-9-3-4-10-26(25)28-12-6-8-14-32(28)41/h2-21,27,29,31,33H,1H2,(H2,38,39)/b24-21+. The van der Waals surface area contributed by atoms with Crippen LogP contribution in [-0.4, -0.2) is 18.0 Å². The summed E-state index contributed by atoms with van der Waals surface area (Å²) in [6.07, 6.45) is 16.7. The quantitative estimate of drug-likeness (QED) is 0.210. The van der Waals surface area contributed by atoms with Gasteiger partial charge < -0.3 is 15.5 Å². The number of nitrogens with zero attached hydrogens (tertiary/aromatic N) is 3. The zero-order valence-corrected chi connectivity index (χ0v) is 22.2. The van der Waals surface area contributed by atoms with Crippen molar-refractivity contribution >= 4 is 17.3 Å². The first-order chi connectivity index (χ1) is 20.0. The molecule has 0 amide bonds. The summed E-state index contributed by atoms with van der Waals surface area (Å²) in [5, 5.41) is 0. The van der Waals surface area contributed by atoms with Crippen molar-refractivity contribution in [1.82, 2.24) is 0 Å². The molecule has 0 radical (unpaired) electrons. The number of halogens is 2. The summed E-state index contributed by atoms with van der Waals surface area (Å²) >= 11 is 0. The first-order valence-electron chi connectivity index (χ1n) is 13.7. The minimum atomic E-state index is -0.357. The van der Waals surface area contributed by atoms with E-state index in [0.717, 1.165) is 22.5 Å². The zero-order chi connectivity index (χ0) is 28.1. The van der Waals surface area contributed by atoms with Gasteiger partial charge in [0.1, 0.15) is 11.6 Å². The highest BCUT2D eigenvalue weighted by Crippen LogP contribution is 2.47. The van der Waals surface area contributed by atoms with E-state index in [0.29, 0.717) is 11.7 Å². The van der Waals surface area contributed by atoms with Crippen molar-refractivity contribution in [2.45, 2.75) is 23.9 Å². The van der Waals surface area contributed by atoms with E-state index in [2.05, 4.69) is 66.1 Å². The number of rotatable bonds is 3. The fourth-order valence-electron chi connectivity index (χ4n) is 6.56. The van der Waals surface area contributed by atoms with Gasteiger partial charge in [-0.1, -0.05) is 79.4 Å². The number of fused-ring (bicyclic) bond motifs is 8. The Balaban J connectivity index is 1.33. The first-order valence-corrected chi connectivity index (χ1v) is 13.7. The van der Waals surface area contributed by atoms with Crippen LogP contribution < -0.4 is 15.5 Å². The number of hydrogen-bond acceptors (Lipinski definition) is 2. The van der Waals surface area contributed by atoms with Crippen molar-refractivity contribution in [1.29, 1.82) is 0 Å². The van der Waals surface area contributed by atoms with Crippen LogP contribution in [0.1, 0.15) is 23.0 Å². The Morgan fingerprint density at radius 1 is 0.805 bits per heavy atom. The number of benzene rings is 3. The lowest BCUT2D eigenvalue weighted by Gasteiger charge is -2.35. The molecular formula is C35H28F2N4. The Bertz CT molecular complexity index is 1740. The molecule has 0 saturated carbocycles. The fraction of sp³-hybridized carbons (Fsp3) is 0.114. The highest BCUT2D eigenvalue weighted by molar-refractivity contribution is 6.01. The number of anilines is 2. The number of guanidine groups is 1. The summed E-state index contributed by atoms with van der Waals surface area (Å²) in [6, 6.07) is 21.0. The summed E-state index contributed by atoms with van der Waals surface area (Å²) in [5.41, 5.74) is 13.5. The van der Waals surface area contributed by atoms with Gasteiger partial charge in [-0.25, -0.2) is 13.8 Å². The number of aliphatic imine (C=N–C) groups is 1. The highest BCUT2D eigenvalue weighted by atomic mass is 19.1. The summed E-state index contributed by atoms with van der Waals surface area (Å²) in [6.45, 7) is 4.04. The van der Waals surface area contributed by atoms with Crippen molar-refractivity contribution in [3.8, 4) is 11.1 Å². The molecule has 4 atom stereocenters. The van der Waals surface area contributed by atoms with Crippen molar-refractivity contribution in [2.24, 2.45) is 10.7 Å². The Kier molecular flexibility index (Phi) is 6.04. The van der Waals surface area contributed by atoms with Crippen LogP contribution in [-0.2, 0) is 0 Å². The van der Waals surface area contributed by atoms with Crippen molar-refractivity contribution in [3.05, 3.63) is 157 Å². The van der Waals surface area contributed by atoms with Gasteiger partial charge in [0.15, 0.2) is 0 Å². The van der Waals surface area contributed by atoms with Crippen LogP contribution in [0.5, 0.6) is 0 Å². The van der Waals surface area contributed by atoms with E-state index in [1.807, 2.05) is 23.1 Å². The topological polar surface area (TPSA) is 44.9 Å². The Hall–Kier alpha value is -4.97. The molecule has 6 heteroatoms. The third kappa shape index (κ3) is 4.06. The average Bonchev–Trinajstić information content (AvgIpc) is 3.23. The second-order valence-electron chi connectivity index (χ2n) is 10.5. The molecule has 41 heavy (non-hydrogen) atoms. The van der Waals surface area contributed by atoms with E-state index in [1.165, 1.54) is 35.4 Å². The smallest absolute Gasteiger partial charge is 0.201 e. The molecule has 202 valence electrons. The molecule has 0 fully saturated rings. The number of para-hydroxylation sites is 1. The molecule has 4 unspecified atom stereocenters. The van der Waals surface area contributed by atoms with Gasteiger partial charge in [-0.05, 0) is 59.2 Å². The average molecular weight is 543 g/mol. The van der Waals surface area contributed by atoms with Crippen molar-refractivity contribution < 1.29 is 8.78 Å². The fourth-order valence-corrected chi connectivity index (χ4v) is 6.56. The molecule has 0 spiro atoms. The maximum absolute atomic E-state index is 14.2. The molecule has 3 aromatic carbocycles. The molecule has 2 aliphatic heterocycles. The first kappa shape index (κ1) is 25.0. The van der Waals surface area contributed by atoms with Gasteiger partial charge in [0, 0.05) is 23.1 Å². The molecule has 2 heterocycles. The van der Waals surface area contributed by atoms with E-state index in [4.69, 9.17) is 10.7 Å². The summed E-state index contributed by atoms with van der Waals surface area (Å²) in [4.78, 5) is 8.90. The van der Waals surface area contributed by atoms with Gasteiger partial charge in [-0.15, -0.1) is 0 Å². The predicted molar refractivity (Wildman–Crippen MR) is 163 cm³/mol. The van der Waals surface area contributed by atoms with Gasteiger partial charge >= 0.3 is 0 Å². The minimum absolute atomic E-state index is 0.0791. The number of nitrogens with two attached hydrogens (primary N) is 1. The van der Waals surface area contributed by atoms with Crippen LogP contribution in [0, 0.1) is 5.82 Å². The molecule has 4 aliphatic rings. The monoisotopic (exact) mass is 542 g/mol. The molecular weight excluding hydrogens is 514 g/mol. The van der Waals surface area contributed by atoms with E-state index in [1.54, 1.807) is 24.4 Å². The lowest BCUT2D eigenvalue weighted by molar-refractivity contribution is 0.614. The van der Waals surface area contributed by atoms with E-state index < -0.39 is 0 Å². The number of allylic oxidation sites excluding steroid dienone is 5. The Morgan fingerprint density at radius 2 is 1.56 bits per heavy atom. The summed E-state index contributed by atoms with van der Waals surface area (Å²) in [7, 11) is 0. The van der Waals surface area contributed by atoms with Crippen LogP contribution >= 0.6 is 0 Å². The van der Waals surface area contributed by atoms with Gasteiger partial charge in [-0.2, -0.15) is 0 Å². The van der Waals surface area contributed by atoms with Crippen LogP contribution in [0.15, 0.2) is 145 Å². The number of hydrogen-bond donors (Lipinski definition) is 1. The third-order valence-corrected chi connectivity index (χ3v) is 8.31. The Labute approximate surface area is 238 Å². The second-order valence-corrected chi connectivity index (χ2v) is 10.5. The predicted octanol–water partition coefficient (Wildman–Crippen LogP) is 7.63. The van der Waals surface area contributed by atoms with E-state index in [-0.39, 0.29) is 35.6 Å². The van der Waals surface area contributed by atoms with Gasteiger partial charge in [0.25, 0.3) is 0 Å². The Morgan fingerprint density at radius 3 is 2.41 bits per heavy atom.